The Labute approximate surface area is 161 Å². The topological polar surface area (TPSA) is 73.3 Å². The number of hydrogen-bond donors (Lipinski definition) is 1. The van der Waals surface area contributed by atoms with Gasteiger partial charge in [-0.15, -0.1) is 10.2 Å². The number of anilines is 1. The number of carbonyl (C=O) groups excluding carboxylic acids is 1. The average Bonchev–Trinajstić information content (AvgIpc) is 3.12. The Morgan fingerprint density at radius 1 is 1.11 bits per heavy atom. The van der Waals surface area contributed by atoms with Gasteiger partial charge in [-0.25, -0.2) is 0 Å². The highest BCUT2D eigenvalue weighted by atomic mass is 32.1. The molecule has 0 saturated carbocycles. The second kappa shape index (κ2) is 8.95. The Morgan fingerprint density at radius 2 is 1.93 bits per heavy atom. The Kier molecular flexibility index (Phi) is 6.17. The third kappa shape index (κ3) is 5.65. The van der Waals surface area contributed by atoms with Crippen molar-refractivity contribution in [1.29, 1.82) is 0 Å². The lowest BCUT2D eigenvalue weighted by Gasteiger charge is -2.05. The molecular formula is C20H19N3O3S. The highest BCUT2D eigenvalue weighted by molar-refractivity contribution is 7.16. The zero-order valence-corrected chi connectivity index (χ0v) is 15.8. The van der Waals surface area contributed by atoms with Crippen molar-refractivity contribution in [2.45, 2.75) is 6.92 Å². The normalized spacial score (nSPS) is 10.7. The molecule has 0 saturated heterocycles. The van der Waals surface area contributed by atoms with E-state index < -0.39 is 0 Å². The molecule has 0 radical (unpaired) electrons. The average molecular weight is 381 g/mol. The van der Waals surface area contributed by atoms with E-state index in [1.54, 1.807) is 7.11 Å². The minimum atomic E-state index is -0.279. The van der Waals surface area contributed by atoms with E-state index in [4.69, 9.17) is 9.47 Å². The quantitative estimate of drug-likeness (QED) is 0.669. The number of aromatic nitrogens is 2. The summed E-state index contributed by atoms with van der Waals surface area (Å²) in [7, 11) is 1.63. The van der Waals surface area contributed by atoms with Crippen LogP contribution >= 0.6 is 11.3 Å². The molecule has 1 amide bonds. The van der Waals surface area contributed by atoms with Crippen LogP contribution < -0.4 is 14.8 Å². The molecule has 1 N–H and O–H groups in total. The first-order chi connectivity index (χ1) is 13.1. The Balaban J connectivity index is 1.52. The van der Waals surface area contributed by atoms with Gasteiger partial charge in [0.1, 0.15) is 16.5 Å². The molecule has 0 bridgehead atoms. The van der Waals surface area contributed by atoms with Crippen molar-refractivity contribution >= 4 is 34.5 Å². The van der Waals surface area contributed by atoms with Gasteiger partial charge in [0.05, 0.1) is 7.11 Å². The van der Waals surface area contributed by atoms with Gasteiger partial charge in [-0.1, -0.05) is 41.7 Å². The first-order valence-corrected chi connectivity index (χ1v) is 9.09. The van der Waals surface area contributed by atoms with Crippen LogP contribution in [-0.4, -0.2) is 29.8 Å². The van der Waals surface area contributed by atoms with E-state index in [9.17, 15) is 4.79 Å². The lowest BCUT2D eigenvalue weighted by molar-refractivity contribution is -0.118. The number of hydrogen-bond acceptors (Lipinski definition) is 6. The van der Waals surface area contributed by atoms with Gasteiger partial charge in [-0.3, -0.25) is 10.1 Å². The Hall–Kier alpha value is -3.19. The van der Waals surface area contributed by atoms with Crippen molar-refractivity contribution in [2.24, 2.45) is 0 Å². The molecule has 0 spiro atoms. The molecule has 3 rings (SSSR count). The molecule has 0 fully saturated rings. The van der Waals surface area contributed by atoms with Crippen LogP contribution in [-0.2, 0) is 4.79 Å². The molecule has 138 valence electrons. The number of methoxy groups -OCH3 is 1. The zero-order valence-electron chi connectivity index (χ0n) is 15.0. The summed E-state index contributed by atoms with van der Waals surface area (Å²) in [6.07, 6.45) is 3.77. The molecule has 7 heteroatoms. The summed E-state index contributed by atoms with van der Waals surface area (Å²) in [5.41, 5.74) is 2.09. The van der Waals surface area contributed by atoms with Crippen LogP contribution in [0, 0.1) is 6.92 Å². The van der Waals surface area contributed by atoms with E-state index in [0.717, 1.165) is 16.9 Å². The maximum Gasteiger partial charge on any atom is 0.264 e. The van der Waals surface area contributed by atoms with Gasteiger partial charge in [0.15, 0.2) is 6.61 Å². The van der Waals surface area contributed by atoms with E-state index in [0.29, 0.717) is 15.9 Å². The van der Waals surface area contributed by atoms with Crippen molar-refractivity contribution in [3.05, 3.63) is 64.7 Å². The van der Waals surface area contributed by atoms with E-state index in [-0.39, 0.29) is 12.5 Å². The number of nitrogens with one attached hydrogen (secondary N) is 1. The molecule has 3 aromatic rings. The van der Waals surface area contributed by atoms with E-state index >= 15 is 0 Å². The number of carbonyl (C=O) groups is 1. The molecule has 1 heterocycles. The highest BCUT2D eigenvalue weighted by Crippen LogP contribution is 2.19. The molecule has 27 heavy (non-hydrogen) atoms. The first-order valence-electron chi connectivity index (χ1n) is 8.27. The monoisotopic (exact) mass is 381 g/mol. The Bertz CT molecular complexity index is 936. The highest BCUT2D eigenvalue weighted by Gasteiger charge is 2.08. The van der Waals surface area contributed by atoms with Crippen LogP contribution in [0.2, 0.25) is 0 Å². The van der Waals surface area contributed by atoms with Crippen LogP contribution in [0.5, 0.6) is 11.5 Å². The summed E-state index contributed by atoms with van der Waals surface area (Å²) >= 11 is 1.29. The van der Waals surface area contributed by atoms with Gasteiger partial charge in [0.2, 0.25) is 5.13 Å². The Morgan fingerprint density at radius 3 is 2.67 bits per heavy atom. The van der Waals surface area contributed by atoms with E-state index in [2.05, 4.69) is 15.5 Å². The van der Waals surface area contributed by atoms with Crippen molar-refractivity contribution < 1.29 is 14.3 Å². The summed E-state index contributed by atoms with van der Waals surface area (Å²) in [5, 5.41) is 11.8. The third-order valence-corrected chi connectivity index (χ3v) is 4.38. The summed E-state index contributed by atoms with van der Waals surface area (Å²) in [4.78, 5) is 12.0. The van der Waals surface area contributed by atoms with Crippen molar-refractivity contribution in [3.63, 3.8) is 0 Å². The molecule has 2 aromatic carbocycles. The fraction of sp³-hybridized carbons (Fsp3) is 0.150. The summed E-state index contributed by atoms with van der Waals surface area (Å²) < 4.78 is 10.6. The molecule has 0 aliphatic carbocycles. The molecular weight excluding hydrogens is 362 g/mol. The van der Waals surface area contributed by atoms with Crippen LogP contribution in [0.15, 0.2) is 48.5 Å². The van der Waals surface area contributed by atoms with Gasteiger partial charge in [-0.2, -0.15) is 0 Å². The van der Waals surface area contributed by atoms with Crippen molar-refractivity contribution in [2.75, 3.05) is 19.0 Å². The van der Waals surface area contributed by atoms with Gasteiger partial charge >= 0.3 is 0 Å². The third-order valence-electron chi connectivity index (χ3n) is 3.58. The SMILES string of the molecule is COc1ccc(C=Cc2nnc(NC(=O)COc3cccc(C)c3)s2)cc1. The van der Waals surface area contributed by atoms with Crippen LogP contribution in [0.25, 0.3) is 12.2 Å². The van der Waals surface area contributed by atoms with Gasteiger partial charge in [0, 0.05) is 0 Å². The number of amides is 1. The molecule has 0 unspecified atom stereocenters. The minimum Gasteiger partial charge on any atom is -0.497 e. The van der Waals surface area contributed by atoms with Crippen LogP contribution in [0.3, 0.4) is 0 Å². The molecule has 1 aromatic heterocycles. The lowest BCUT2D eigenvalue weighted by atomic mass is 10.2. The maximum atomic E-state index is 12.0. The van der Waals surface area contributed by atoms with E-state index in [1.165, 1.54) is 11.3 Å². The predicted molar refractivity (Wildman–Crippen MR) is 107 cm³/mol. The smallest absolute Gasteiger partial charge is 0.264 e. The fourth-order valence-corrected chi connectivity index (χ4v) is 2.91. The number of ether oxygens (including phenoxy) is 2. The van der Waals surface area contributed by atoms with Crippen molar-refractivity contribution in [3.8, 4) is 11.5 Å². The second-order valence-corrected chi connectivity index (χ2v) is 6.71. The largest absolute Gasteiger partial charge is 0.497 e. The number of rotatable bonds is 7. The molecule has 0 atom stereocenters. The number of benzene rings is 2. The summed E-state index contributed by atoms with van der Waals surface area (Å²) in [6.45, 7) is 1.88. The van der Waals surface area contributed by atoms with Crippen molar-refractivity contribution in [1.82, 2.24) is 10.2 Å². The second-order valence-electron chi connectivity index (χ2n) is 5.71. The summed E-state index contributed by atoms with van der Waals surface area (Å²) in [6, 6.07) is 15.2. The van der Waals surface area contributed by atoms with Crippen LogP contribution in [0.1, 0.15) is 16.1 Å². The summed E-state index contributed by atoms with van der Waals surface area (Å²) in [5.74, 6) is 1.19. The maximum absolute atomic E-state index is 12.0. The van der Waals surface area contributed by atoms with Gasteiger partial charge < -0.3 is 9.47 Å². The number of aryl methyl sites for hydroxylation is 1. The molecule has 0 aliphatic heterocycles. The number of nitrogens with zero attached hydrogens (tertiary/aromatic N) is 2. The zero-order chi connectivity index (χ0) is 19.1. The first kappa shape index (κ1) is 18.6. The van der Waals surface area contributed by atoms with Gasteiger partial charge in [-0.05, 0) is 48.4 Å². The minimum absolute atomic E-state index is 0.0833. The fourth-order valence-electron chi connectivity index (χ4n) is 2.24. The lowest BCUT2D eigenvalue weighted by Crippen LogP contribution is -2.20. The predicted octanol–water partition coefficient (Wildman–Crippen LogP) is 4.04. The standard InChI is InChI=1S/C20H19N3O3S/c1-14-4-3-5-17(12-14)26-13-18(24)21-20-23-22-19(27-20)11-8-15-6-9-16(25-2)10-7-15/h3-12H,13H2,1-2H3,(H,21,23,24). The molecule has 6 nitrogen and oxygen atoms in total. The molecule has 0 aliphatic rings. The van der Waals surface area contributed by atoms with Crippen LogP contribution in [0.4, 0.5) is 5.13 Å². The van der Waals surface area contributed by atoms with E-state index in [1.807, 2.05) is 67.6 Å². The van der Waals surface area contributed by atoms with Gasteiger partial charge in [0.25, 0.3) is 5.91 Å².